The fraction of sp³-hybridized carbons (Fsp3) is 0.316. The van der Waals surface area contributed by atoms with Crippen LogP contribution in [0.5, 0.6) is 0 Å². The zero-order valence-corrected chi connectivity index (χ0v) is 30.4. The number of benzene rings is 4. The van der Waals surface area contributed by atoms with Crippen LogP contribution >= 0.6 is 27.5 Å². The highest BCUT2D eigenvalue weighted by atomic mass is 79.9. The highest BCUT2D eigenvalue weighted by Crippen LogP contribution is 2.29. The predicted octanol–water partition coefficient (Wildman–Crippen LogP) is 8.00. The molecule has 1 atom stereocenters. The van der Waals surface area contributed by atoms with Gasteiger partial charge in [-0.1, -0.05) is 113 Å². The standard InChI is InChI=1S/C38H41BrClN3O4S/c1-27-13-21-34(22-14-27)48(46,47)43(33-20-15-28(2)35(40)24-33)26-37(44)42(25-30-16-18-31(39)19-17-30)36(23-29-9-5-3-6-10-29)38(45)41-32-11-7-4-8-12-32/h3,5-6,9-10,13-22,24,32,36H,4,7-8,11-12,23,25-26H2,1-2H3,(H,41,45). The van der Waals surface area contributed by atoms with Gasteiger partial charge in [-0.2, -0.15) is 0 Å². The van der Waals surface area contributed by atoms with Crippen molar-refractivity contribution in [2.24, 2.45) is 0 Å². The highest BCUT2D eigenvalue weighted by Gasteiger charge is 2.35. The third-order valence-corrected chi connectivity index (χ3v) is 11.5. The molecule has 4 aromatic carbocycles. The molecule has 1 aliphatic rings. The molecular formula is C38H41BrClN3O4S. The third-order valence-electron chi connectivity index (χ3n) is 8.82. The van der Waals surface area contributed by atoms with E-state index in [4.69, 9.17) is 11.6 Å². The lowest BCUT2D eigenvalue weighted by Crippen LogP contribution is -2.55. The summed E-state index contributed by atoms with van der Waals surface area (Å²) >= 11 is 9.98. The molecule has 0 spiro atoms. The largest absolute Gasteiger partial charge is 0.352 e. The van der Waals surface area contributed by atoms with E-state index < -0.39 is 28.5 Å². The number of aryl methyl sites for hydroxylation is 2. The van der Waals surface area contributed by atoms with Crippen molar-refractivity contribution >= 4 is 55.1 Å². The Morgan fingerprint density at radius 3 is 2.19 bits per heavy atom. The Balaban J connectivity index is 1.57. The van der Waals surface area contributed by atoms with Gasteiger partial charge in [0.1, 0.15) is 12.6 Å². The summed E-state index contributed by atoms with van der Waals surface area (Å²) in [7, 11) is -4.21. The van der Waals surface area contributed by atoms with E-state index in [9.17, 15) is 18.0 Å². The first-order valence-electron chi connectivity index (χ1n) is 16.2. The minimum Gasteiger partial charge on any atom is -0.352 e. The number of carbonyl (C=O) groups excluding carboxylic acids is 2. The van der Waals surface area contributed by atoms with E-state index in [1.165, 1.54) is 17.0 Å². The van der Waals surface area contributed by atoms with Crippen molar-refractivity contribution in [1.29, 1.82) is 0 Å². The van der Waals surface area contributed by atoms with Gasteiger partial charge in [-0.3, -0.25) is 13.9 Å². The number of hydrogen-bond donors (Lipinski definition) is 1. The van der Waals surface area contributed by atoms with Crippen molar-refractivity contribution in [1.82, 2.24) is 10.2 Å². The van der Waals surface area contributed by atoms with Gasteiger partial charge in [0.25, 0.3) is 10.0 Å². The summed E-state index contributed by atoms with van der Waals surface area (Å²) in [5.41, 5.74) is 3.64. The molecule has 0 aliphatic heterocycles. The third kappa shape index (κ3) is 9.07. The van der Waals surface area contributed by atoms with Crippen molar-refractivity contribution in [3.63, 3.8) is 0 Å². The van der Waals surface area contributed by atoms with E-state index in [0.29, 0.717) is 5.02 Å². The molecule has 4 aromatic rings. The smallest absolute Gasteiger partial charge is 0.264 e. The molecule has 0 radical (unpaired) electrons. The molecule has 10 heteroatoms. The maximum Gasteiger partial charge on any atom is 0.264 e. The van der Waals surface area contributed by atoms with Gasteiger partial charge in [0.15, 0.2) is 0 Å². The number of rotatable bonds is 12. The molecule has 0 saturated heterocycles. The van der Waals surface area contributed by atoms with Gasteiger partial charge >= 0.3 is 0 Å². The molecule has 1 fully saturated rings. The van der Waals surface area contributed by atoms with E-state index >= 15 is 0 Å². The number of halogens is 2. The van der Waals surface area contributed by atoms with Gasteiger partial charge in [-0.15, -0.1) is 0 Å². The van der Waals surface area contributed by atoms with Crippen LogP contribution < -0.4 is 9.62 Å². The molecule has 252 valence electrons. The molecule has 1 unspecified atom stereocenters. The lowest BCUT2D eigenvalue weighted by molar-refractivity contribution is -0.140. The van der Waals surface area contributed by atoms with Crippen LogP contribution in [0.2, 0.25) is 5.02 Å². The number of amides is 2. The van der Waals surface area contributed by atoms with Crippen molar-refractivity contribution in [3.05, 3.63) is 129 Å². The second-order valence-corrected chi connectivity index (χ2v) is 15.6. The topological polar surface area (TPSA) is 86.8 Å². The minimum atomic E-state index is -4.21. The molecule has 1 saturated carbocycles. The first-order chi connectivity index (χ1) is 23.0. The summed E-state index contributed by atoms with van der Waals surface area (Å²) < 4.78 is 30.5. The summed E-state index contributed by atoms with van der Waals surface area (Å²) in [4.78, 5) is 30.5. The van der Waals surface area contributed by atoms with Crippen molar-refractivity contribution in [2.45, 2.75) is 75.9 Å². The maximum absolute atomic E-state index is 14.7. The molecule has 0 bridgehead atoms. The maximum atomic E-state index is 14.7. The molecule has 2 amide bonds. The molecule has 1 aliphatic carbocycles. The molecule has 1 N–H and O–H groups in total. The fourth-order valence-electron chi connectivity index (χ4n) is 5.99. The molecule has 0 aromatic heterocycles. The number of nitrogens with one attached hydrogen (secondary N) is 1. The Morgan fingerprint density at radius 2 is 1.54 bits per heavy atom. The first kappa shape index (κ1) is 35.6. The minimum absolute atomic E-state index is 0.0299. The first-order valence-corrected chi connectivity index (χ1v) is 18.9. The van der Waals surface area contributed by atoms with Crippen LogP contribution in [0.1, 0.15) is 54.4 Å². The van der Waals surface area contributed by atoms with E-state index in [0.717, 1.165) is 63.1 Å². The zero-order chi connectivity index (χ0) is 34.3. The van der Waals surface area contributed by atoms with E-state index in [1.807, 2.05) is 68.4 Å². The van der Waals surface area contributed by atoms with Gasteiger partial charge in [0, 0.05) is 28.5 Å². The Morgan fingerprint density at radius 1 is 0.875 bits per heavy atom. The lowest BCUT2D eigenvalue weighted by Gasteiger charge is -2.35. The molecule has 7 nitrogen and oxygen atoms in total. The summed E-state index contributed by atoms with van der Waals surface area (Å²) in [6.07, 6.45) is 5.27. The molecular weight excluding hydrogens is 710 g/mol. The Labute approximate surface area is 297 Å². The Hall–Kier alpha value is -3.66. The van der Waals surface area contributed by atoms with Gasteiger partial charge in [0.05, 0.1) is 10.6 Å². The van der Waals surface area contributed by atoms with Crippen LogP contribution in [0.3, 0.4) is 0 Å². The summed E-state index contributed by atoms with van der Waals surface area (Å²) in [6.45, 7) is 3.28. The van der Waals surface area contributed by atoms with Crippen molar-refractivity contribution in [3.8, 4) is 0 Å². The number of carbonyl (C=O) groups is 2. The van der Waals surface area contributed by atoms with Crippen LogP contribution in [0.15, 0.2) is 106 Å². The van der Waals surface area contributed by atoms with Gasteiger partial charge in [-0.25, -0.2) is 8.42 Å². The molecule has 48 heavy (non-hydrogen) atoms. The van der Waals surface area contributed by atoms with Crippen LogP contribution in [0.25, 0.3) is 0 Å². The van der Waals surface area contributed by atoms with Gasteiger partial charge < -0.3 is 10.2 Å². The van der Waals surface area contributed by atoms with Crippen molar-refractivity contribution in [2.75, 3.05) is 10.8 Å². The highest BCUT2D eigenvalue weighted by molar-refractivity contribution is 9.10. The SMILES string of the molecule is Cc1ccc(S(=O)(=O)N(CC(=O)N(Cc2ccc(Br)cc2)C(Cc2ccccc2)C(=O)NC2CCCCC2)c2ccc(C)c(Cl)c2)cc1. The summed E-state index contributed by atoms with van der Waals surface area (Å²) in [5, 5.41) is 3.62. The van der Waals surface area contributed by atoms with E-state index in [1.54, 1.807) is 30.3 Å². The average molecular weight is 751 g/mol. The van der Waals surface area contributed by atoms with Crippen LogP contribution in [0, 0.1) is 13.8 Å². The fourth-order valence-corrected chi connectivity index (χ4v) is 7.83. The summed E-state index contributed by atoms with van der Waals surface area (Å²) in [6, 6.07) is 27.7. The lowest BCUT2D eigenvalue weighted by atomic mass is 9.94. The molecule has 0 heterocycles. The predicted molar refractivity (Wildman–Crippen MR) is 196 cm³/mol. The van der Waals surface area contributed by atoms with Gasteiger partial charge in [-0.05, 0) is 79.8 Å². The zero-order valence-electron chi connectivity index (χ0n) is 27.2. The van der Waals surface area contributed by atoms with Crippen molar-refractivity contribution < 1.29 is 18.0 Å². The Kier molecular flexibility index (Phi) is 12.0. The van der Waals surface area contributed by atoms with Crippen LogP contribution in [0.4, 0.5) is 5.69 Å². The van der Waals surface area contributed by atoms with Gasteiger partial charge in [0.2, 0.25) is 11.8 Å². The normalized spacial score (nSPS) is 14.2. The van der Waals surface area contributed by atoms with E-state index in [2.05, 4.69) is 21.2 Å². The number of hydrogen-bond acceptors (Lipinski definition) is 4. The second-order valence-electron chi connectivity index (χ2n) is 12.5. The second kappa shape index (κ2) is 16.2. The number of sulfonamides is 1. The van der Waals surface area contributed by atoms with Crippen LogP contribution in [-0.2, 0) is 32.6 Å². The average Bonchev–Trinajstić information content (AvgIpc) is 3.08. The van der Waals surface area contributed by atoms with E-state index in [-0.39, 0.29) is 35.5 Å². The number of nitrogens with zero attached hydrogens (tertiary/aromatic N) is 2. The monoisotopic (exact) mass is 749 g/mol. The summed E-state index contributed by atoms with van der Waals surface area (Å²) in [5.74, 6) is -0.757. The number of anilines is 1. The molecule has 5 rings (SSSR count). The van der Waals surface area contributed by atoms with Crippen LogP contribution in [-0.4, -0.2) is 43.8 Å². The quantitative estimate of drug-likeness (QED) is 0.159. The Bertz CT molecular complexity index is 1810.